The van der Waals surface area contributed by atoms with E-state index < -0.39 is 0 Å². The highest BCUT2D eigenvalue weighted by Crippen LogP contribution is 2.24. The van der Waals surface area contributed by atoms with Crippen molar-refractivity contribution in [2.75, 3.05) is 19.6 Å². The summed E-state index contributed by atoms with van der Waals surface area (Å²) in [6.45, 7) is 2.82. The van der Waals surface area contributed by atoms with Crippen molar-refractivity contribution < 1.29 is 4.79 Å². The number of aromatic nitrogens is 1. The van der Waals surface area contributed by atoms with Crippen LogP contribution in [0.15, 0.2) is 54.9 Å². The summed E-state index contributed by atoms with van der Waals surface area (Å²) in [5.41, 5.74) is 1.87. The molecule has 1 aliphatic heterocycles. The molecule has 1 aromatic heterocycles. The molecular weight excluding hydrogens is 274 g/mol. The molecule has 0 radical (unpaired) electrons. The number of carbonyl (C=O) groups is 1. The highest BCUT2D eigenvalue weighted by Gasteiger charge is 2.23. The molecule has 3 rings (SSSR count). The molecule has 114 valence electrons. The number of hydrogen-bond donors (Lipinski definition) is 1. The van der Waals surface area contributed by atoms with Crippen LogP contribution in [0.1, 0.15) is 34.8 Å². The second-order valence-corrected chi connectivity index (χ2v) is 5.62. The molecule has 1 amide bonds. The van der Waals surface area contributed by atoms with Crippen LogP contribution in [0, 0.1) is 0 Å². The molecule has 1 N–H and O–H groups in total. The number of amides is 1. The molecule has 0 bridgehead atoms. The van der Waals surface area contributed by atoms with Gasteiger partial charge in [-0.3, -0.25) is 14.7 Å². The van der Waals surface area contributed by atoms with Crippen molar-refractivity contribution in [1.29, 1.82) is 0 Å². The summed E-state index contributed by atoms with van der Waals surface area (Å²) in [6.07, 6.45) is 5.75. The Kier molecular flexibility index (Phi) is 4.81. The Balaban J connectivity index is 1.69. The minimum absolute atomic E-state index is 0.0618. The third kappa shape index (κ3) is 3.52. The molecule has 1 atom stereocenters. The summed E-state index contributed by atoms with van der Waals surface area (Å²) >= 11 is 0. The van der Waals surface area contributed by atoms with E-state index in [-0.39, 0.29) is 11.9 Å². The zero-order valence-corrected chi connectivity index (χ0v) is 12.6. The predicted molar refractivity (Wildman–Crippen MR) is 86.6 cm³/mol. The summed E-state index contributed by atoms with van der Waals surface area (Å²) < 4.78 is 0. The first-order valence-corrected chi connectivity index (χ1v) is 7.82. The second kappa shape index (κ2) is 7.18. The Morgan fingerprint density at radius 1 is 1.14 bits per heavy atom. The Morgan fingerprint density at radius 3 is 2.59 bits per heavy atom. The lowest BCUT2D eigenvalue weighted by Crippen LogP contribution is -2.36. The fourth-order valence-corrected chi connectivity index (χ4v) is 2.97. The topological polar surface area (TPSA) is 45.2 Å². The van der Waals surface area contributed by atoms with Gasteiger partial charge in [0.1, 0.15) is 0 Å². The largest absolute Gasteiger partial charge is 0.350 e. The lowest BCUT2D eigenvalue weighted by atomic mass is 10.1. The molecule has 2 heterocycles. The lowest BCUT2D eigenvalue weighted by Gasteiger charge is -2.28. The van der Waals surface area contributed by atoms with Crippen LogP contribution in [-0.4, -0.2) is 35.4 Å². The van der Waals surface area contributed by atoms with Gasteiger partial charge in [0.15, 0.2) is 0 Å². The standard InChI is InChI=1S/C18H21N3O/c22-18(16-9-6-10-19-13-16)20-14-17(21-11-4-5-12-21)15-7-2-1-3-8-15/h1-3,6-10,13,17H,4-5,11-12,14H2,(H,20,22). The summed E-state index contributed by atoms with van der Waals surface area (Å²) in [5, 5.41) is 3.05. The summed E-state index contributed by atoms with van der Waals surface area (Å²) in [7, 11) is 0. The molecule has 0 aliphatic carbocycles. The Hall–Kier alpha value is -2.20. The smallest absolute Gasteiger partial charge is 0.252 e. The van der Waals surface area contributed by atoms with Crippen molar-refractivity contribution in [3.05, 3.63) is 66.0 Å². The lowest BCUT2D eigenvalue weighted by molar-refractivity contribution is 0.0937. The Labute approximate surface area is 131 Å². The molecule has 0 saturated carbocycles. The first-order chi connectivity index (χ1) is 10.8. The zero-order chi connectivity index (χ0) is 15.2. The maximum Gasteiger partial charge on any atom is 0.252 e. The van der Waals surface area contributed by atoms with Crippen LogP contribution in [0.25, 0.3) is 0 Å². The van der Waals surface area contributed by atoms with Gasteiger partial charge in [-0.1, -0.05) is 30.3 Å². The van der Waals surface area contributed by atoms with E-state index in [1.165, 1.54) is 18.4 Å². The predicted octanol–water partition coefficient (Wildman–Crippen LogP) is 2.65. The van der Waals surface area contributed by atoms with Gasteiger partial charge < -0.3 is 5.32 Å². The number of hydrogen-bond acceptors (Lipinski definition) is 3. The van der Waals surface area contributed by atoms with Crippen LogP contribution >= 0.6 is 0 Å². The monoisotopic (exact) mass is 295 g/mol. The summed E-state index contributed by atoms with van der Waals surface area (Å²) in [5.74, 6) is -0.0618. The molecule has 1 aromatic carbocycles. The maximum atomic E-state index is 12.2. The number of carbonyl (C=O) groups excluding carboxylic acids is 1. The van der Waals surface area contributed by atoms with E-state index in [0.717, 1.165) is 13.1 Å². The average molecular weight is 295 g/mol. The van der Waals surface area contributed by atoms with Gasteiger partial charge in [-0.25, -0.2) is 0 Å². The third-order valence-corrected chi connectivity index (χ3v) is 4.15. The van der Waals surface area contributed by atoms with E-state index in [4.69, 9.17) is 0 Å². The molecule has 22 heavy (non-hydrogen) atoms. The third-order valence-electron chi connectivity index (χ3n) is 4.15. The van der Waals surface area contributed by atoms with Crippen molar-refractivity contribution in [2.45, 2.75) is 18.9 Å². The van der Waals surface area contributed by atoms with Crippen LogP contribution in [0.3, 0.4) is 0 Å². The van der Waals surface area contributed by atoms with Crippen molar-refractivity contribution >= 4 is 5.91 Å². The van der Waals surface area contributed by atoms with Gasteiger partial charge >= 0.3 is 0 Å². The molecule has 0 spiro atoms. The fourth-order valence-electron chi connectivity index (χ4n) is 2.97. The normalized spacial score (nSPS) is 16.4. The quantitative estimate of drug-likeness (QED) is 0.922. The summed E-state index contributed by atoms with van der Waals surface area (Å²) in [4.78, 5) is 18.7. The van der Waals surface area contributed by atoms with E-state index in [1.807, 2.05) is 6.07 Å². The van der Waals surface area contributed by atoms with Gasteiger partial charge in [-0.15, -0.1) is 0 Å². The number of benzene rings is 1. The summed E-state index contributed by atoms with van der Waals surface area (Å²) in [6, 6.07) is 14.2. The molecule has 1 aliphatic rings. The minimum atomic E-state index is -0.0618. The van der Waals surface area contributed by atoms with Crippen molar-refractivity contribution in [3.63, 3.8) is 0 Å². The number of pyridine rings is 1. The van der Waals surface area contributed by atoms with Crippen molar-refractivity contribution in [1.82, 2.24) is 15.2 Å². The van der Waals surface area contributed by atoms with Gasteiger partial charge in [0.2, 0.25) is 0 Å². The van der Waals surface area contributed by atoms with Crippen molar-refractivity contribution in [3.8, 4) is 0 Å². The van der Waals surface area contributed by atoms with E-state index in [0.29, 0.717) is 12.1 Å². The van der Waals surface area contributed by atoms with Crippen LogP contribution in [0.4, 0.5) is 0 Å². The number of rotatable bonds is 5. The molecule has 1 unspecified atom stereocenters. The van der Waals surface area contributed by atoms with Gasteiger partial charge in [-0.2, -0.15) is 0 Å². The first kappa shape index (κ1) is 14.7. The average Bonchev–Trinajstić information content (AvgIpc) is 3.11. The van der Waals surface area contributed by atoms with Gasteiger partial charge in [0, 0.05) is 18.9 Å². The van der Waals surface area contributed by atoms with E-state index in [2.05, 4.69) is 39.5 Å². The Morgan fingerprint density at radius 2 is 1.91 bits per heavy atom. The molecule has 4 nitrogen and oxygen atoms in total. The second-order valence-electron chi connectivity index (χ2n) is 5.62. The van der Waals surface area contributed by atoms with Crippen LogP contribution in [0.2, 0.25) is 0 Å². The molecule has 2 aromatic rings. The van der Waals surface area contributed by atoms with E-state index in [9.17, 15) is 4.79 Å². The number of likely N-dealkylation sites (tertiary alicyclic amines) is 1. The first-order valence-electron chi connectivity index (χ1n) is 7.82. The van der Waals surface area contributed by atoms with E-state index in [1.54, 1.807) is 24.5 Å². The minimum Gasteiger partial charge on any atom is -0.350 e. The molecule has 1 fully saturated rings. The molecular formula is C18H21N3O. The highest BCUT2D eigenvalue weighted by molar-refractivity contribution is 5.93. The fraction of sp³-hybridized carbons (Fsp3) is 0.333. The van der Waals surface area contributed by atoms with E-state index >= 15 is 0 Å². The van der Waals surface area contributed by atoms with Gasteiger partial charge in [-0.05, 0) is 43.6 Å². The van der Waals surface area contributed by atoms with Crippen LogP contribution in [0.5, 0.6) is 0 Å². The van der Waals surface area contributed by atoms with Crippen LogP contribution in [-0.2, 0) is 0 Å². The zero-order valence-electron chi connectivity index (χ0n) is 12.6. The van der Waals surface area contributed by atoms with Crippen molar-refractivity contribution in [2.24, 2.45) is 0 Å². The van der Waals surface area contributed by atoms with Crippen LogP contribution < -0.4 is 5.32 Å². The SMILES string of the molecule is O=C(NCC(c1ccccc1)N1CCCC1)c1cccnc1. The Bertz CT molecular complexity index is 594. The van der Waals surface area contributed by atoms with Gasteiger partial charge in [0.25, 0.3) is 5.91 Å². The maximum absolute atomic E-state index is 12.2. The molecule has 1 saturated heterocycles. The number of nitrogens with one attached hydrogen (secondary N) is 1. The highest BCUT2D eigenvalue weighted by atomic mass is 16.1. The molecule has 4 heteroatoms. The number of nitrogens with zero attached hydrogens (tertiary/aromatic N) is 2. The van der Waals surface area contributed by atoms with Gasteiger partial charge in [0.05, 0.1) is 11.6 Å².